The van der Waals surface area contributed by atoms with Gasteiger partial charge in [-0.25, -0.2) is 4.68 Å². The van der Waals surface area contributed by atoms with E-state index < -0.39 is 0 Å². The number of para-hydroxylation sites is 1. The summed E-state index contributed by atoms with van der Waals surface area (Å²) in [6, 6.07) is 11.7. The van der Waals surface area contributed by atoms with Crippen molar-refractivity contribution in [1.82, 2.24) is 14.7 Å². The number of hydrogen-bond donors (Lipinski definition) is 0. The Hall–Kier alpha value is -2.43. The van der Waals surface area contributed by atoms with Gasteiger partial charge in [-0.05, 0) is 31.0 Å². The average molecular weight is 309 g/mol. The Balaban J connectivity index is 1.69. The molecule has 1 aliphatic heterocycles. The van der Waals surface area contributed by atoms with Gasteiger partial charge in [0.25, 0.3) is 5.91 Å². The second kappa shape index (κ2) is 5.65. The molecule has 5 heteroatoms. The second-order valence-electron chi connectivity index (χ2n) is 6.31. The van der Waals surface area contributed by atoms with Crippen molar-refractivity contribution >= 4 is 11.7 Å². The van der Waals surface area contributed by atoms with E-state index in [1.807, 2.05) is 36.4 Å². The molecule has 1 aliphatic carbocycles. The number of carbonyl (C=O) groups excluding carboxylic acids is 2. The van der Waals surface area contributed by atoms with E-state index in [9.17, 15) is 9.59 Å². The van der Waals surface area contributed by atoms with E-state index in [-0.39, 0.29) is 11.7 Å². The van der Waals surface area contributed by atoms with Crippen LogP contribution >= 0.6 is 0 Å². The zero-order valence-electron chi connectivity index (χ0n) is 12.9. The number of amides is 1. The van der Waals surface area contributed by atoms with Gasteiger partial charge in [0.1, 0.15) is 11.5 Å². The quantitative estimate of drug-likeness (QED) is 0.875. The van der Waals surface area contributed by atoms with Crippen molar-refractivity contribution in [3.8, 4) is 5.69 Å². The maximum atomic E-state index is 12.9. The maximum Gasteiger partial charge on any atom is 0.272 e. The van der Waals surface area contributed by atoms with Crippen molar-refractivity contribution in [2.24, 2.45) is 0 Å². The number of rotatable bonds is 3. The van der Waals surface area contributed by atoms with Gasteiger partial charge in [0, 0.05) is 31.8 Å². The van der Waals surface area contributed by atoms with Crippen LogP contribution in [0.5, 0.6) is 0 Å². The summed E-state index contributed by atoms with van der Waals surface area (Å²) in [4.78, 5) is 26.1. The summed E-state index contributed by atoms with van der Waals surface area (Å²) >= 11 is 0. The van der Waals surface area contributed by atoms with Crippen LogP contribution < -0.4 is 0 Å². The molecule has 1 saturated carbocycles. The first kappa shape index (κ1) is 14.2. The first-order chi connectivity index (χ1) is 11.2. The van der Waals surface area contributed by atoms with Crippen molar-refractivity contribution in [3.05, 3.63) is 47.8 Å². The van der Waals surface area contributed by atoms with Gasteiger partial charge in [-0.2, -0.15) is 5.10 Å². The number of nitrogens with zero attached hydrogens (tertiary/aromatic N) is 3. The summed E-state index contributed by atoms with van der Waals surface area (Å²) in [5.41, 5.74) is 2.51. The number of piperidine rings is 1. The fraction of sp³-hybridized carbons (Fsp3) is 0.389. The number of hydrogen-bond acceptors (Lipinski definition) is 3. The molecule has 0 bridgehead atoms. The Labute approximate surface area is 134 Å². The molecular formula is C18H19N3O2. The lowest BCUT2D eigenvalue weighted by atomic mass is 10.1. The third-order valence-electron chi connectivity index (χ3n) is 4.55. The lowest BCUT2D eigenvalue weighted by Gasteiger charge is -2.26. The van der Waals surface area contributed by atoms with E-state index in [1.165, 1.54) is 0 Å². The van der Waals surface area contributed by atoms with Crippen LogP contribution in [0.1, 0.15) is 47.8 Å². The van der Waals surface area contributed by atoms with Crippen LogP contribution in [0.4, 0.5) is 0 Å². The number of likely N-dealkylation sites (tertiary alicyclic amines) is 1. The Morgan fingerprint density at radius 2 is 1.78 bits per heavy atom. The zero-order chi connectivity index (χ0) is 15.8. The Kier molecular flexibility index (Phi) is 3.48. The SMILES string of the molecule is O=C1CCN(C(=O)c2cc(C3CC3)nn2-c2ccccc2)CC1. The number of benzene rings is 1. The smallest absolute Gasteiger partial charge is 0.272 e. The van der Waals surface area contributed by atoms with Crippen LogP contribution in [-0.4, -0.2) is 39.5 Å². The molecule has 1 saturated heterocycles. The third kappa shape index (κ3) is 2.79. The van der Waals surface area contributed by atoms with Crippen molar-refractivity contribution in [2.75, 3.05) is 13.1 Å². The molecule has 2 aliphatic rings. The molecule has 2 heterocycles. The number of ketones is 1. The lowest BCUT2D eigenvalue weighted by Crippen LogP contribution is -2.39. The molecule has 0 N–H and O–H groups in total. The van der Waals surface area contributed by atoms with E-state index in [0.29, 0.717) is 37.5 Å². The third-order valence-corrected chi connectivity index (χ3v) is 4.55. The molecule has 0 atom stereocenters. The maximum absolute atomic E-state index is 12.9. The first-order valence-corrected chi connectivity index (χ1v) is 8.19. The van der Waals surface area contributed by atoms with Crippen LogP contribution in [-0.2, 0) is 4.79 Å². The molecule has 118 valence electrons. The van der Waals surface area contributed by atoms with Crippen LogP contribution in [0.3, 0.4) is 0 Å². The topological polar surface area (TPSA) is 55.2 Å². The molecule has 2 aromatic rings. The first-order valence-electron chi connectivity index (χ1n) is 8.19. The minimum atomic E-state index is -0.0271. The van der Waals surface area contributed by atoms with Gasteiger partial charge in [-0.15, -0.1) is 0 Å². The van der Waals surface area contributed by atoms with E-state index in [4.69, 9.17) is 0 Å². The molecule has 1 aromatic heterocycles. The van der Waals surface area contributed by atoms with Crippen molar-refractivity contribution in [2.45, 2.75) is 31.6 Å². The lowest BCUT2D eigenvalue weighted by molar-refractivity contribution is -0.120. The van der Waals surface area contributed by atoms with Crippen molar-refractivity contribution in [3.63, 3.8) is 0 Å². The van der Waals surface area contributed by atoms with E-state index in [1.54, 1.807) is 9.58 Å². The number of carbonyl (C=O) groups is 2. The Morgan fingerprint density at radius 1 is 1.09 bits per heavy atom. The summed E-state index contributed by atoms with van der Waals surface area (Å²) in [5, 5.41) is 4.68. The summed E-state index contributed by atoms with van der Waals surface area (Å²) in [6.07, 6.45) is 3.22. The molecule has 1 amide bonds. The highest BCUT2D eigenvalue weighted by Crippen LogP contribution is 2.39. The molecule has 0 spiro atoms. The molecule has 0 unspecified atom stereocenters. The molecule has 1 aromatic carbocycles. The minimum absolute atomic E-state index is 0.0271. The standard InChI is InChI=1S/C18H19N3O2/c22-15-8-10-20(11-9-15)18(23)17-12-16(13-6-7-13)19-21(17)14-4-2-1-3-5-14/h1-5,12-13H,6-11H2. The van der Waals surface area contributed by atoms with Crippen LogP contribution in [0.15, 0.2) is 36.4 Å². The van der Waals surface area contributed by atoms with Gasteiger partial charge >= 0.3 is 0 Å². The summed E-state index contributed by atoms with van der Waals surface area (Å²) in [7, 11) is 0. The molecule has 4 rings (SSSR count). The van der Waals surface area contributed by atoms with E-state index in [0.717, 1.165) is 24.2 Å². The van der Waals surface area contributed by atoms with Gasteiger partial charge in [-0.1, -0.05) is 18.2 Å². The van der Waals surface area contributed by atoms with E-state index in [2.05, 4.69) is 5.10 Å². The van der Waals surface area contributed by atoms with Gasteiger partial charge in [0.2, 0.25) is 0 Å². The molecular weight excluding hydrogens is 290 g/mol. The summed E-state index contributed by atoms with van der Waals surface area (Å²) < 4.78 is 1.76. The van der Waals surface area contributed by atoms with Crippen LogP contribution in [0.25, 0.3) is 5.69 Å². The predicted molar refractivity (Wildman–Crippen MR) is 85.7 cm³/mol. The largest absolute Gasteiger partial charge is 0.336 e. The Bertz CT molecular complexity index is 737. The summed E-state index contributed by atoms with van der Waals surface area (Å²) in [6.45, 7) is 1.02. The van der Waals surface area contributed by atoms with Crippen molar-refractivity contribution in [1.29, 1.82) is 0 Å². The van der Waals surface area contributed by atoms with Gasteiger partial charge in [-0.3, -0.25) is 9.59 Å². The fourth-order valence-corrected chi connectivity index (χ4v) is 3.02. The highest BCUT2D eigenvalue weighted by molar-refractivity contribution is 5.94. The molecule has 23 heavy (non-hydrogen) atoms. The minimum Gasteiger partial charge on any atom is -0.336 e. The van der Waals surface area contributed by atoms with Crippen LogP contribution in [0.2, 0.25) is 0 Å². The predicted octanol–water partition coefficient (Wildman–Crippen LogP) is 2.55. The summed E-state index contributed by atoms with van der Waals surface area (Å²) in [5.74, 6) is 0.708. The highest BCUT2D eigenvalue weighted by Gasteiger charge is 2.31. The van der Waals surface area contributed by atoms with E-state index >= 15 is 0 Å². The average Bonchev–Trinajstić information content (AvgIpc) is 3.34. The number of aromatic nitrogens is 2. The van der Waals surface area contributed by atoms with Crippen LogP contribution in [0, 0.1) is 0 Å². The highest BCUT2D eigenvalue weighted by atomic mass is 16.2. The fourth-order valence-electron chi connectivity index (χ4n) is 3.02. The van der Waals surface area contributed by atoms with Gasteiger partial charge in [0.05, 0.1) is 11.4 Å². The second-order valence-corrected chi connectivity index (χ2v) is 6.31. The Morgan fingerprint density at radius 3 is 2.43 bits per heavy atom. The molecule has 0 radical (unpaired) electrons. The number of Topliss-reactive ketones (excluding diaryl/α,β-unsaturated/α-hetero) is 1. The van der Waals surface area contributed by atoms with Crippen molar-refractivity contribution < 1.29 is 9.59 Å². The molecule has 5 nitrogen and oxygen atoms in total. The van der Waals surface area contributed by atoms with Gasteiger partial charge in [0.15, 0.2) is 0 Å². The molecule has 2 fully saturated rings. The zero-order valence-corrected chi connectivity index (χ0v) is 12.9. The monoisotopic (exact) mass is 309 g/mol. The van der Waals surface area contributed by atoms with Gasteiger partial charge < -0.3 is 4.90 Å². The normalized spacial score (nSPS) is 18.3.